The number of nitrogens with one attached hydrogen (secondary N) is 1. The van der Waals surface area contributed by atoms with E-state index in [2.05, 4.69) is 4.98 Å². The van der Waals surface area contributed by atoms with E-state index in [0.29, 0.717) is 22.4 Å². The van der Waals surface area contributed by atoms with Crippen LogP contribution >= 0.6 is 0 Å². The van der Waals surface area contributed by atoms with Crippen molar-refractivity contribution in [3.63, 3.8) is 0 Å². The van der Waals surface area contributed by atoms with Crippen LogP contribution in [-0.2, 0) is 6.42 Å². The van der Waals surface area contributed by atoms with Gasteiger partial charge in [-0.15, -0.1) is 0 Å². The van der Waals surface area contributed by atoms with E-state index < -0.39 is 0 Å². The van der Waals surface area contributed by atoms with Crippen LogP contribution < -0.4 is 10.2 Å². The number of aromatic amines is 1. The van der Waals surface area contributed by atoms with Crippen LogP contribution in [0.1, 0.15) is 11.3 Å². The molecule has 0 amide bonds. The summed E-state index contributed by atoms with van der Waals surface area (Å²) in [4.78, 5) is 15.7. The van der Waals surface area contributed by atoms with E-state index in [1.807, 2.05) is 55.5 Å². The minimum Gasteiger partial charge on any atom is -0.457 e. The SMILES string of the molecule is Cc1[nH]c2ccc(Oc3ccccc3)cc2c(=O)c1CC#N. The van der Waals surface area contributed by atoms with Gasteiger partial charge >= 0.3 is 0 Å². The van der Waals surface area contributed by atoms with E-state index in [-0.39, 0.29) is 11.8 Å². The van der Waals surface area contributed by atoms with Crippen molar-refractivity contribution in [1.82, 2.24) is 4.98 Å². The predicted molar refractivity (Wildman–Crippen MR) is 85.1 cm³/mol. The van der Waals surface area contributed by atoms with Gasteiger partial charge < -0.3 is 9.72 Å². The number of nitrogens with zero attached hydrogens (tertiary/aromatic N) is 1. The van der Waals surface area contributed by atoms with E-state index in [1.54, 1.807) is 6.07 Å². The Balaban J connectivity index is 2.09. The molecule has 0 bridgehead atoms. The number of rotatable bonds is 3. The first-order valence-corrected chi connectivity index (χ1v) is 6.94. The fourth-order valence-corrected chi connectivity index (χ4v) is 2.41. The van der Waals surface area contributed by atoms with Crippen LogP contribution in [0, 0.1) is 18.3 Å². The minimum absolute atomic E-state index is 0.0981. The van der Waals surface area contributed by atoms with Crippen LogP contribution in [0.4, 0.5) is 0 Å². The molecule has 0 aliphatic heterocycles. The molecule has 0 spiro atoms. The van der Waals surface area contributed by atoms with E-state index in [4.69, 9.17) is 10.00 Å². The molecule has 1 aromatic heterocycles. The highest BCUT2D eigenvalue weighted by atomic mass is 16.5. The molecule has 1 N–H and O–H groups in total. The third-order valence-corrected chi connectivity index (χ3v) is 3.52. The normalized spacial score (nSPS) is 10.4. The highest BCUT2D eigenvalue weighted by molar-refractivity contribution is 5.81. The topological polar surface area (TPSA) is 65.9 Å². The third-order valence-electron chi connectivity index (χ3n) is 3.52. The van der Waals surface area contributed by atoms with Crippen molar-refractivity contribution in [2.45, 2.75) is 13.3 Å². The van der Waals surface area contributed by atoms with E-state index >= 15 is 0 Å². The summed E-state index contributed by atoms with van der Waals surface area (Å²) in [7, 11) is 0. The Bertz CT molecular complexity index is 921. The molecule has 0 unspecified atom stereocenters. The zero-order chi connectivity index (χ0) is 15.5. The molecule has 3 rings (SSSR count). The summed E-state index contributed by atoms with van der Waals surface area (Å²) in [6.07, 6.45) is 0.0981. The molecular weight excluding hydrogens is 276 g/mol. The molecule has 4 nitrogen and oxygen atoms in total. The lowest BCUT2D eigenvalue weighted by atomic mass is 10.1. The van der Waals surface area contributed by atoms with E-state index in [0.717, 1.165) is 11.2 Å². The second-order valence-electron chi connectivity index (χ2n) is 5.02. The first-order chi connectivity index (χ1) is 10.7. The number of hydrogen-bond donors (Lipinski definition) is 1. The number of H-pyrrole nitrogens is 1. The molecule has 2 aromatic carbocycles. The minimum atomic E-state index is -0.119. The number of aromatic nitrogens is 1. The summed E-state index contributed by atoms with van der Waals surface area (Å²) in [6, 6.07) is 16.8. The molecule has 4 heteroatoms. The van der Waals surface area contributed by atoms with Gasteiger partial charge in [0.2, 0.25) is 0 Å². The van der Waals surface area contributed by atoms with Crippen molar-refractivity contribution in [2.24, 2.45) is 0 Å². The number of para-hydroxylation sites is 1. The number of hydrogen-bond acceptors (Lipinski definition) is 3. The quantitative estimate of drug-likeness (QED) is 0.800. The van der Waals surface area contributed by atoms with Gasteiger partial charge in [0.05, 0.1) is 12.5 Å². The van der Waals surface area contributed by atoms with Gasteiger partial charge in [0.1, 0.15) is 11.5 Å². The Morgan fingerprint density at radius 1 is 1.14 bits per heavy atom. The van der Waals surface area contributed by atoms with Gasteiger partial charge in [-0.2, -0.15) is 5.26 Å². The molecule has 1 heterocycles. The molecule has 0 saturated carbocycles. The summed E-state index contributed by atoms with van der Waals surface area (Å²) in [5, 5.41) is 9.39. The van der Waals surface area contributed by atoms with E-state index in [9.17, 15) is 4.79 Å². The van der Waals surface area contributed by atoms with Crippen molar-refractivity contribution < 1.29 is 4.74 Å². The van der Waals surface area contributed by atoms with Gasteiger partial charge in [-0.3, -0.25) is 4.79 Å². The van der Waals surface area contributed by atoms with E-state index in [1.165, 1.54) is 0 Å². The van der Waals surface area contributed by atoms with Gasteiger partial charge in [-0.05, 0) is 37.3 Å². The fraction of sp³-hybridized carbons (Fsp3) is 0.111. The van der Waals surface area contributed by atoms with Crippen LogP contribution in [0.25, 0.3) is 10.9 Å². The number of pyridine rings is 1. The first kappa shape index (κ1) is 13.9. The summed E-state index contributed by atoms with van der Waals surface area (Å²) >= 11 is 0. The van der Waals surface area contributed by atoms with Gasteiger partial charge in [-0.1, -0.05) is 18.2 Å². The largest absolute Gasteiger partial charge is 0.457 e. The molecule has 0 aliphatic carbocycles. The lowest BCUT2D eigenvalue weighted by Crippen LogP contribution is -2.12. The maximum absolute atomic E-state index is 12.5. The lowest BCUT2D eigenvalue weighted by Gasteiger charge is -2.09. The zero-order valence-electron chi connectivity index (χ0n) is 12.1. The van der Waals surface area contributed by atoms with Crippen molar-refractivity contribution in [3.05, 3.63) is 70.0 Å². The number of benzene rings is 2. The molecule has 0 aliphatic rings. The van der Waals surface area contributed by atoms with Crippen molar-refractivity contribution in [3.8, 4) is 17.6 Å². The van der Waals surface area contributed by atoms with Gasteiger partial charge in [0.25, 0.3) is 0 Å². The average molecular weight is 290 g/mol. The second kappa shape index (κ2) is 5.74. The Kier molecular flexibility index (Phi) is 3.63. The Labute approximate surface area is 127 Å². The molecule has 0 atom stereocenters. The van der Waals surface area contributed by atoms with Crippen LogP contribution in [0.15, 0.2) is 53.3 Å². The Morgan fingerprint density at radius 2 is 1.91 bits per heavy atom. The zero-order valence-corrected chi connectivity index (χ0v) is 12.1. The molecule has 0 saturated heterocycles. The number of nitriles is 1. The highest BCUT2D eigenvalue weighted by Crippen LogP contribution is 2.24. The summed E-state index contributed by atoms with van der Waals surface area (Å²) in [5.74, 6) is 1.30. The highest BCUT2D eigenvalue weighted by Gasteiger charge is 2.10. The number of fused-ring (bicyclic) bond motifs is 1. The number of ether oxygens (including phenoxy) is 1. The van der Waals surface area contributed by atoms with Crippen LogP contribution in [0.2, 0.25) is 0 Å². The third kappa shape index (κ3) is 2.57. The fourth-order valence-electron chi connectivity index (χ4n) is 2.41. The van der Waals surface area contributed by atoms with Gasteiger partial charge in [0.15, 0.2) is 5.43 Å². The monoisotopic (exact) mass is 290 g/mol. The summed E-state index contributed by atoms with van der Waals surface area (Å²) in [5.41, 5.74) is 1.86. The predicted octanol–water partition coefficient (Wildman–Crippen LogP) is 3.69. The van der Waals surface area contributed by atoms with Crippen LogP contribution in [0.5, 0.6) is 11.5 Å². The van der Waals surface area contributed by atoms with Gasteiger partial charge in [0, 0.05) is 22.2 Å². The average Bonchev–Trinajstić information content (AvgIpc) is 2.53. The molecule has 3 aromatic rings. The van der Waals surface area contributed by atoms with Crippen LogP contribution in [0.3, 0.4) is 0 Å². The van der Waals surface area contributed by atoms with Crippen molar-refractivity contribution in [1.29, 1.82) is 5.26 Å². The molecular formula is C18H14N2O2. The molecule has 22 heavy (non-hydrogen) atoms. The molecule has 0 radical (unpaired) electrons. The van der Waals surface area contributed by atoms with Crippen LogP contribution in [-0.4, -0.2) is 4.98 Å². The smallest absolute Gasteiger partial charge is 0.194 e. The number of aryl methyl sites for hydroxylation is 1. The first-order valence-electron chi connectivity index (χ1n) is 6.94. The lowest BCUT2D eigenvalue weighted by molar-refractivity contribution is 0.483. The maximum Gasteiger partial charge on any atom is 0.194 e. The Morgan fingerprint density at radius 3 is 2.64 bits per heavy atom. The van der Waals surface area contributed by atoms with Crippen molar-refractivity contribution in [2.75, 3.05) is 0 Å². The van der Waals surface area contributed by atoms with Crippen molar-refractivity contribution >= 4 is 10.9 Å². The second-order valence-corrected chi connectivity index (χ2v) is 5.02. The Hall–Kier alpha value is -3.06. The summed E-state index contributed by atoms with van der Waals surface area (Å²) in [6.45, 7) is 1.81. The van der Waals surface area contributed by atoms with Gasteiger partial charge in [-0.25, -0.2) is 0 Å². The maximum atomic E-state index is 12.5. The summed E-state index contributed by atoms with van der Waals surface area (Å²) < 4.78 is 5.75. The standard InChI is InChI=1S/C18H14N2O2/c1-12-15(9-10-19)18(21)16-11-14(7-8-17(16)20-12)22-13-5-3-2-4-6-13/h2-8,11H,9H2,1H3,(H,20,21). The molecule has 0 fully saturated rings. The molecule has 108 valence electrons.